The van der Waals surface area contributed by atoms with Gasteiger partial charge >= 0.3 is 6.03 Å². The lowest BCUT2D eigenvalue weighted by Gasteiger charge is -2.40. The molecule has 3 N–H and O–H groups in total. The van der Waals surface area contributed by atoms with Crippen LogP contribution in [0, 0.1) is 11.7 Å². The molecule has 1 heterocycles. The van der Waals surface area contributed by atoms with Crippen LogP contribution in [0.4, 0.5) is 9.18 Å². The summed E-state index contributed by atoms with van der Waals surface area (Å²) in [4.78, 5) is 25.7. The first-order chi connectivity index (χ1) is 12.0. The van der Waals surface area contributed by atoms with Gasteiger partial charge in [-0.25, -0.2) is 9.18 Å². The number of nitrogens with one attached hydrogen (secondary N) is 1. The zero-order valence-electron chi connectivity index (χ0n) is 14.8. The van der Waals surface area contributed by atoms with Crippen LogP contribution in [-0.4, -0.2) is 42.4 Å². The highest BCUT2D eigenvalue weighted by atomic mass is 19.1. The van der Waals surface area contributed by atoms with Crippen LogP contribution in [0.2, 0.25) is 0 Å². The van der Waals surface area contributed by atoms with Gasteiger partial charge in [-0.1, -0.05) is 13.3 Å². The Morgan fingerprint density at radius 3 is 2.68 bits per heavy atom. The number of ketones is 1. The number of hydrogen-bond acceptors (Lipinski definition) is 3. The minimum absolute atomic E-state index is 0.0313. The lowest BCUT2D eigenvalue weighted by Crippen LogP contribution is -2.58. The molecule has 0 aliphatic carbocycles. The van der Waals surface area contributed by atoms with Crippen molar-refractivity contribution in [2.75, 3.05) is 19.6 Å². The maximum atomic E-state index is 12.9. The molecule has 1 fully saturated rings. The number of amides is 2. The highest BCUT2D eigenvalue weighted by Gasteiger charge is 2.31. The minimum atomic E-state index is -0.366. The molecule has 2 atom stereocenters. The third kappa shape index (κ3) is 5.53. The molecule has 1 aromatic carbocycles. The third-order valence-electron chi connectivity index (χ3n) is 4.91. The van der Waals surface area contributed by atoms with E-state index >= 15 is 0 Å². The van der Waals surface area contributed by atoms with Crippen molar-refractivity contribution in [2.24, 2.45) is 11.7 Å². The number of primary amides is 1. The van der Waals surface area contributed by atoms with Gasteiger partial charge in [0.05, 0.1) is 0 Å². The summed E-state index contributed by atoms with van der Waals surface area (Å²) < 4.78 is 12.9. The predicted molar refractivity (Wildman–Crippen MR) is 95.9 cm³/mol. The van der Waals surface area contributed by atoms with Gasteiger partial charge < -0.3 is 16.0 Å². The fourth-order valence-corrected chi connectivity index (χ4v) is 3.63. The molecular weight excluding hydrogens is 321 g/mol. The highest BCUT2D eigenvalue weighted by molar-refractivity contribution is 5.95. The standard InChI is InChI=1S/C19H28FN3O2/c1-2-4-14(17-13-22-11-12-23(17)19(21)25)5-3-6-18(24)15-7-9-16(20)10-8-15/h7-10,14,17,22H,2-6,11-13H2,1H3,(H2,21,25). The first-order valence-corrected chi connectivity index (χ1v) is 9.08. The molecule has 0 spiro atoms. The van der Waals surface area contributed by atoms with E-state index in [1.54, 1.807) is 4.90 Å². The molecule has 2 amide bonds. The van der Waals surface area contributed by atoms with Crippen molar-refractivity contribution in [3.05, 3.63) is 35.6 Å². The number of nitrogens with zero attached hydrogens (tertiary/aromatic N) is 1. The van der Waals surface area contributed by atoms with E-state index in [1.807, 2.05) is 0 Å². The van der Waals surface area contributed by atoms with Crippen LogP contribution in [0.3, 0.4) is 0 Å². The van der Waals surface area contributed by atoms with E-state index in [2.05, 4.69) is 12.2 Å². The van der Waals surface area contributed by atoms with Crippen molar-refractivity contribution in [3.8, 4) is 0 Å². The van der Waals surface area contributed by atoms with Crippen molar-refractivity contribution in [1.29, 1.82) is 0 Å². The van der Waals surface area contributed by atoms with Gasteiger partial charge in [-0.15, -0.1) is 0 Å². The Kier molecular flexibility index (Phi) is 7.37. The average molecular weight is 349 g/mol. The molecule has 0 saturated carbocycles. The monoisotopic (exact) mass is 349 g/mol. The van der Waals surface area contributed by atoms with Crippen LogP contribution in [-0.2, 0) is 0 Å². The van der Waals surface area contributed by atoms with Crippen LogP contribution >= 0.6 is 0 Å². The second-order valence-corrected chi connectivity index (χ2v) is 6.67. The molecule has 2 rings (SSSR count). The van der Waals surface area contributed by atoms with Gasteiger partial charge in [-0.05, 0) is 49.4 Å². The Bertz CT molecular complexity index is 577. The molecule has 1 aliphatic rings. The first kappa shape index (κ1) is 19.4. The molecule has 25 heavy (non-hydrogen) atoms. The maximum absolute atomic E-state index is 12.9. The van der Waals surface area contributed by atoms with Gasteiger partial charge in [-0.2, -0.15) is 0 Å². The van der Waals surface area contributed by atoms with E-state index in [4.69, 9.17) is 5.73 Å². The summed E-state index contributed by atoms with van der Waals surface area (Å²) >= 11 is 0. The van der Waals surface area contributed by atoms with E-state index in [0.717, 1.165) is 38.8 Å². The zero-order chi connectivity index (χ0) is 18.2. The van der Waals surface area contributed by atoms with Gasteiger partial charge in [0.2, 0.25) is 0 Å². The Morgan fingerprint density at radius 2 is 2.04 bits per heavy atom. The molecule has 0 aromatic heterocycles. The molecule has 5 nitrogen and oxygen atoms in total. The van der Waals surface area contributed by atoms with Gasteiger partial charge in [0.1, 0.15) is 5.82 Å². The second-order valence-electron chi connectivity index (χ2n) is 6.67. The molecule has 1 aliphatic heterocycles. The van der Waals surface area contributed by atoms with Crippen molar-refractivity contribution in [2.45, 2.75) is 45.1 Å². The van der Waals surface area contributed by atoms with E-state index in [0.29, 0.717) is 24.4 Å². The number of halogens is 1. The lowest BCUT2D eigenvalue weighted by molar-refractivity contribution is 0.0965. The summed E-state index contributed by atoms with van der Waals surface area (Å²) in [6.45, 7) is 4.27. The number of hydrogen-bond donors (Lipinski definition) is 2. The average Bonchev–Trinajstić information content (AvgIpc) is 2.61. The number of benzene rings is 1. The molecule has 138 valence electrons. The van der Waals surface area contributed by atoms with E-state index in [1.165, 1.54) is 24.3 Å². The molecule has 0 bridgehead atoms. The lowest BCUT2D eigenvalue weighted by atomic mass is 9.87. The molecule has 0 radical (unpaired) electrons. The van der Waals surface area contributed by atoms with Crippen molar-refractivity contribution in [1.82, 2.24) is 10.2 Å². The fourth-order valence-electron chi connectivity index (χ4n) is 3.63. The van der Waals surface area contributed by atoms with Crippen LogP contribution in [0.15, 0.2) is 24.3 Å². The SMILES string of the molecule is CCCC(CCCC(=O)c1ccc(F)cc1)C1CNCCN1C(N)=O. The number of nitrogens with two attached hydrogens (primary N) is 1. The largest absolute Gasteiger partial charge is 0.351 e. The topological polar surface area (TPSA) is 75.4 Å². The molecule has 1 saturated heterocycles. The van der Waals surface area contributed by atoms with E-state index in [-0.39, 0.29) is 23.7 Å². The zero-order valence-corrected chi connectivity index (χ0v) is 14.8. The summed E-state index contributed by atoms with van der Waals surface area (Å²) in [5.74, 6) is 0.0194. The van der Waals surface area contributed by atoms with Gasteiger partial charge in [0.25, 0.3) is 0 Å². The van der Waals surface area contributed by atoms with E-state index in [9.17, 15) is 14.0 Å². The summed E-state index contributed by atoms with van der Waals surface area (Å²) in [5.41, 5.74) is 6.08. The van der Waals surface area contributed by atoms with Gasteiger partial charge in [-0.3, -0.25) is 4.79 Å². The smallest absolute Gasteiger partial charge is 0.315 e. The van der Waals surface area contributed by atoms with Crippen LogP contribution < -0.4 is 11.1 Å². The maximum Gasteiger partial charge on any atom is 0.315 e. The molecular formula is C19H28FN3O2. The summed E-state index contributed by atoms with van der Waals surface area (Å²) in [6.07, 6.45) is 4.09. The molecule has 6 heteroatoms. The summed E-state index contributed by atoms with van der Waals surface area (Å²) in [7, 11) is 0. The van der Waals surface area contributed by atoms with Gasteiger partial charge in [0, 0.05) is 37.7 Å². The normalized spacial score (nSPS) is 18.8. The summed E-state index contributed by atoms with van der Waals surface area (Å²) in [5, 5.41) is 3.34. The number of carbonyl (C=O) groups is 2. The Morgan fingerprint density at radius 1 is 1.32 bits per heavy atom. The number of carbonyl (C=O) groups excluding carboxylic acids is 2. The summed E-state index contributed by atoms with van der Waals surface area (Å²) in [6, 6.07) is 5.40. The van der Waals surface area contributed by atoms with Crippen LogP contribution in [0.5, 0.6) is 0 Å². The Hall–Kier alpha value is -1.95. The van der Waals surface area contributed by atoms with Crippen LogP contribution in [0.1, 0.15) is 49.4 Å². The Balaban J connectivity index is 1.91. The third-order valence-corrected chi connectivity index (χ3v) is 4.91. The minimum Gasteiger partial charge on any atom is -0.351 e. The predicted octanol–water partition coefficient (Wildman–Crippen LogP) is 2.95. The number of piperazine rings is 1. The number of urea groups is 1. The van der Waals surface area contributed by atoms with Crippen molar-refractivity contribution in [3.63, 3.8) is 0 Å². The van der Waals surface area contributed by atoms with Crippen molar-refractivity contribution >= 4 is 11.8 Å². The number of rotatable bonds is 8. The number of Topliss-reactive ketones (excluding diaryl/α,β-unsaturated/α-hetero) is 1. The first-order valence-electron chi connectivity index (χ1n) is 9.08. The molecule has 1 aromatic rings. The van der Waals surface area contributed by atoms with Gasteiger partial charge in [0.15, 0.2) is 5.78 Å². The highest BCUT2D eigenvalue weighted by Crippen LogP contribution is 2.24. The van der Waals surface area contributed by atoms with Crippen molar-refractivity contribution < 1.29 is 14.0 Å². The van der Waals surface area contributed by atoms with Crippen LogP contribution in [0.25, 0.3) is 0 Å². The second kappa shape index (κ2) is 9.51. The Labute approximate surface area is 148 Å². The quantitative estimate of drug-likeness (QED) is 0.709. The van der Waals surface area contributed by atoms with E-state index < -0.39 is 0 Å². The molecule has 2 unspecified atom stereocenters. The fraction of sp³-hybridized carbons (Fsp3) is 0.579.